The number of nitrogens with two attached hydrogens (primary N) is 1. The standard InChI is InChI=1S/C14H24N2O2S/c1-4-8-18-14-10-12(5-6-13(14)15)16-11(2)7-9-19(3)17/h5-6,10-11,16H,4,7-9,15H2,1-3H3. The van der Waals surface area contributed by atoms with E-state index in [4.69, 9.17) is 10.5 Å². The summed E-state index contributed by atoms with van der Waals surface area (Å²) < 4.78 is 16.7. The van der Waals surface area contributed by atoms with Gasteiger partial charge in [-0.1, -0.05) is 6.92 Å². The van der Waals surface area contributed by atoms with E-state index < -0.39 is 10.8 Å². The largest absolute Gasteiger partial charge is 0.491 e. The fraction of sp³-hybridized carbons (Fsp3) is 0.571. The van der Waals surface area contributed by atoms with E-state index in [2.05, 4.69) is 19.2 Å². The molecule has 3 N–H and O–H groups in total. The average Bonchev–Trinajstić information content (AvgIpc) is 2.37. The van der Waals surface area contributed by atoms with Crippen LogP contribution in [-0.2, 0) is 10.8 Å². The van der Waals surface area contributed by atoms with Gasteiger partial charge in [-0.2, -0.15) is 0 Å². The van der Waals surface area contributed by atoms with Crippen molar-refractivity contribution in [1.82, 2.24) is 0 Å². The molecule has 0 aliphatic heterocycles. The molecule has 0 aliphatic carbocycles. The Morgan fingerprint density at radius 3 is 2.84 bits per heavy atom. The average molecular weight is 284 g/mol. The van der Waals surface area contributed by atoms with Crippen molar-refractivity contribution in [3.63, 3.8) is 0 Å². The van der Waals surface area contributed by atoms with Gasteiger partial charge >= 0.3 is 0 Å². The molecule has 0 amide bonds. The highest BCUT2D eigenvalue weighted by Crippen LogP contribution is 2.26. The SMILES string of the molecule is CCCOc1cc(NC(C)CCS(C)=O)ccc1N. The van der Waals surface area contributed by atoms with Crippen LogP contribution in [0.25, 0.3) is 0 Å². The zero-order chi connectivity index (χ0) is 14.3. The lowest BCUT2D eigenvalue weighted by Gasteiger charge is -2.16. The number of hydrogen-bond donors (Lipinski definition) is 2. The van der Waals surface area contributed by atoms with Gasteiger partial charge in [0.1, 0.15) is 5.75 Å². The van der Waals surface area contributed by atoms with Gasteiger partial charge in [0.15, 0.2) is 0 Å². The molecule has 0 aliphatic rings. The van der Waals surface area contributed by atoms with Gasteiger partial charge in [0.2, 0.25) is 0 Å². The minimum atomic E-state index is -0.741. The second kappa shape index (κ2) is 8.04. The lowest BCUT2D eigenvalue weighted by molar-refractivity contribution is 0.319. The van der Waals surface area contributed by atoms with Crippen LogP contribution in [0.4, 0.5) is 11.4 Å². The quantitative estimate of drug-likeness (QED) is 0.720. The van der Waals surface area contributed by atoms with Crippen molar-refractivity contribution in [2.75, 3.05) is 29.7 Å². The van der Waals surface area contributed by atoms with Crippen molar-refractivity contribution in [1.29, 1.82) is 0 Å². The molecule has 0 aromatic heterocycles. The molecule has 0 bridgehead atoms. The monoisotopic (exact) mass is 284 g/mol. The lowest BCUT2D eigenvalue weighted by atomic mass is 10.2. The van der Waals surface area contributed by atoms with Crippen LogP contribution in [0.5, 0.6) is 5.75 Å². The molecule has 0 saturated heterocycles. The molecule has 0 heterocycles. The van der Waals surface area contributed by atoms with Gasteiger partial charge in [0, 0.05) is 40.6 Å². The van der Waals surface area contributed by atoms with Gasteiger partial charge in [0.25, 0.3) is 0 Å². The third kappa shape index (κ3) is 5.96. The zero-order valence-electron chi connectivity index (χ0n) is 11.9. The molecule has 2 unspecified atom stereocenters. The predicted molar refractivity (Wildman–Crippen MR) is 83.3 cm³/mol. The van der Waals surface area contributed by atoms with Gasteiger partial charge < -0.3 is 15.8 Å². The molecule has 1 aromatic carbocycles. The summed E-state index contributed by atoms with van der Waals surface area (Å²) in [4.78, 5) is 0. The van der Waals surface area contributed by atoms with Crippen LogP contribution in [0, 0.1) is 0 Å². The van der Waals surface area contributed by atoms with Crippen molar-refractivity contribution < 1.29 is 8.95 Å². The predicted octanol–water partition coefficient (Wildman–Crippen LogP) is 2.63. The second-order valence-electron chi connectivity index (χ2n) is 4.71. The Morgan fingerprint density at radius 1 is 1.47 bits per heavy atom. The van der Waals surface area contributed by atoms with Gasteiger partial charge in [-0.05, 0) is 31.9 Å². The lowest BCUT2D eigenvalue weighted by Crippen LogP contribution is -2.18. The van der Waals surface area contributed by atoms with Crippen LogP contribution in [-0.4, -0.2) is 28.9 Å². The first kappa shape index (κ1) is 15.8. The topological polar surface area (TPSA) is 64.3 Å². The third-order valence-corrected chi connectivity index (χ3v) is 3.54. The van der Waals surface area contributed by atoms with E-state index in [0.29, 0.717) is 18.0 Å². The maximum atomic E-state index is 11.1. The molecule has 0 fully saturated rings. The summed E-state index contributed by atoms with van der Waals surface area (Å²) >= 11 is 0. The number of anilines is 2. The normalized spacial score (nSPS) is 13.8. The minimum Gasteiger partial charge on any atom is -0.491 e. The van der Waals surface area contributed by atoms with Crippen LogP contribution in [0.1, 0.15) is 26.7 Å². The molecule has 2 atom stereocenters. The fourth-order valence-electron chi connectivity index (χ4n) is 1.66. The highest BCUT2D eigenvalue weighted by molar-refractivity contribution is 7.84. The Hall–Kier alpha value is -1.23. The van der Waals surface area contributed by atoms with Gasteiger partial charge in [-0.25, -0.2) is 0 Å². The minimum absolute atomic E-state index is 0.270. The van der Waals surface area contributed by atoms with E-state index in [1.165, 1.54) is 0 Å². The van der Waals surface area contributed by atoms with Crippen LogP contribution >= 0.6 is 0 Å². The molecule has 108 valence electrons. The van der Waals surface area contributed by atoms with E-state index in [-0.39, 0.29) is 6.04 Å². The number of benzene rings is 1. The maximum Gasteiger partial charge on any atom is 0.144 e. The number of rotatable bonds is 8. The molecule has 1 aromatic rings. The van der Waals surface area contributed by atoms with Crippen molar-refractivity contribution in [3.05, 3.63) is 18.2 Å². The van der Waals surface area contributed by atoms with Crippen molar-refractivity contribution >= 4 is 22.2 Å². The molecule has 0 radical (unpaired) electrons. The van der Waals surface area contributed by atoms with Gasteiger partial charge in [-0.3, -0.25) is 4.21 Å². The summed E-state index contributed by atoms with van der Waals surface area (Å²) in [5.41, 5.74) is 7.50. The van der Waals surface area contributed by atoms with Crippen LogP contribution in [0.15, 0.2) is 18.2 Å². The number of hydrogen-bond acceptors (Lipinski definition) is 4. The maximum absolute atomic E-state index is 11.1. The zero-order valence-corrected chi connectivity index (χ0v) is 12.8. The van der Waals surface area contributed by atoms with E-state index in [1.54, 1.807) is 6.26 Å². The van der Waals surface area contributed by atoms with Crippen molar-refractivity contribution in [3.8, 4) is 5.75 Å². The summed E-state index contributed by atoms with van der Waals surface area (Å²) in [7, 11) is -0.741. The molecule has 0 spiro atoms. The van der Waals surface area contributed by atoms with Crippen LogP contribution in [0.2, 0.25) is 0 Å². The first-order chi connectivity index (χ1) is 9.02. The van der Waals surface area contributed by atoms with E-state index in [9.17, 15) is 4.21 Å². The Balaban J connectivity index is 2.60. The molecule has 5 heteroatoms. The third-order valence-electron chi connectivity index (χ3n) is 2.73. The molecular formula is C14H24N2O2S. The molecular weight excluding hydrogens is 260 g/mol. The molecule has 19 heavy (non-hydrogen) atoms. The summed E-state index contributed by atoms with van der Waals surface area (Å²) in [5, 5.41) is 3.37. The number of nitrogen functional groups attached to an aromatic ring is 1. The highest BCUT2D eigenvalue weighted by Gasteiger charge is 2.06. The van der Waals surface area contributed by atoms with E-state index in [0.717, 1.165) is 24.3 Å². The Kier molecular flexibility index (Phi) is 6.70. The Morgan fingerprint density at radius 2 is 2.21 bits per heavy atom. The van der Waals surface area contributed by atoms with Gasteiger partial charge in [0.05, 0.1) is 12.3 Å². The molecule has 4 nitrogen and oxygen atoms in total. The fourth-order valence-corrected chi connectivity index (χ4v) is 2.35. The first-order valence-corrected chi connectivity index (χ1v) is 8.34. The summed E-state index contributed by atoms with van der Waals surface area (Å²) in [6, 6.07) is 5.97. The smallest absolute Gasteiger partial charge is 0.144 e. The first-order valence-electron chi connectivity index (χ1n) is 6.61. The number of nitrogens with one attached hydrogen (secondary N) is 1. The molecule has 0 saturated carbocycles. The Labute approximate surface area is 118 Å². The van der Waals surface area contributed by atoms with Gasteiger partial charge in [-0.15, -0.1) is 0 Å². The summed E-state index contributed by atoms with van der Waals surface area (Å²) in [5.74, 6) is 1.43. The van der Waals surface area contributed by atoms with Crippen LogP contribution < -0.4 is 15.8 Å². The van der Waals surface area contributed by atoms with Crippen LogP contribution in [0.3, 0.4) is 0 Å². The Bertz CT molecular complexity index is 424. The summed E-state index contributed by atoms with van der Waals surface area (Å²) in [6.07, 6.45) is 3.56. The number of ether oxygens (including phenoxy) is 1. The highest BCUT2D eigenvalue weighted by atomic mass is 32.2. The van der Waals surface area contributed by atoms with E-state index >= 15 is 0 Å². The summed E-state index contributed by atoms with van der Waals surface area (Å²) in [6.45, 7) is 4.80. The van der Waals surface area contributed by atoms with E-state index in [1.807, 2.05) is 18.2 Å². The second-order valence-corrected chi connectivity index (χ2v) is 6.27. The van der Waals surface area contributed by atoms with Crippen molar-refractivity contribution in [2.24, 2.45) is 0 Å². The molecule has 1 rings (SSSR count). The van der Waals surface area contributed by atoms with Crippen molar-refractivity contribution in [2.45, 2.75) is 32.7 Å².